The maximum atomic E-state index is 13.1. The van der Waals surface area contributed by atoms with Crippen LogP contribution < -0.4 is 9.64 Å². The molecule has 4 rings (SSSR count). The predicted molar refractivity (Wildman–Crippen MR) is 137 cm³/mol. The molecule has 3 aromatic carbocycles. The summed E-state index contributed by atoms with van der Waals surface area (Å²) >= 11 is 22.4. The number of ether oxygens (including phenoxy) is 1. The number of amides is 1. The molecule has 1 heterocycles. The van der Waals surface area contributed by atoms with Crippen LogP contribution in [0.3, 0.4) is 0 Å². The number of thioether (sulfide) groups is 1. The minimum absolute atomic E-state index is 0.163. The first-order valence-electron chi connectivity index (χ1n) is 9.11. The van der Waals surface area contributed by atoms with Crippen LogP contribution in [0, 0.1) is 0 Å². The lowest BCUT2D eigenvalue weighted by molar-refractivity contribution is -0.113. The molecular formula is C23H14BrCl2NO2S2. The molecule has 3 nitrogen and oxygen atoms in total. The molecule has 0 radical (unpaired) electrons. The number of benzene rings is 3. The first-order valence-corrected chi connectivity index (χ1v) is 11.9. The zero-order chi connectivity index (χ0) is 22.0. The van der Waals surface area contributed by atoms with E-state index >= 15 is 0 Å². The van der Waals surface area contributed by atoms with E-state index in [4.69, 9.17) is 40.2 Å². The summed E-state index contributed by atoms with van der Waals surface area (Å²) in [6.07, 6.45) is 1.80. The molecule has 3 aromatic rings. The van der Waals surface area contributed by atoms with Gasteiger partial charge in [-0.3, -0.25) is 9.69 Å². The number of anilines is 1. The van der Waals surface area contributed by atoms with Gasteiger partial charge in [-0.05, 0) is 42.5 Å². The molecule has 1 aliphatic rings. The second kappa shape index (κ2) is 9.76. The van der Waals surface area contributed by atoms with E-state index in [-0.39, 0.29) is 12.5 Å². The van der Waals surface area contributed by atoms with Crippen LogP contribution >= 0.6 is 63.1 Å². The van der Waals surface area contributed by atoms with Gasteiger partial charge < -0.3 is 4.74 Å². The summed E-state index contributed by atoms with van der Waals surface area (Å²) < 4.78 is 7.36. The average molecular weight is 551 g/mol. The second-order valence-corrected chi connectivity index (χ2v) is 9.99. The Morgan fingerprint density at radius 3 is 2.65 bits per heavy atom. The van der Waals surface area contributed by atoms with Gasteiger partial charge in [-0.25, -0.2) is 0 Å². The van der Waals surface area contributed by atoms with Gasteiger partial charge in [0.2, 0.25) is 0 Å². The van der Waals surface area contributed by atoms with Crippen molar-refractivity contribution in [3.63, 3.8) is 0 Å². The summed E-state index contributed by atoms with van der Waals surface area (Å²) in [5, 5.41) is 1.11. The predicted octanol–water partition coefficient (Wildman–Crippen LogP) is 7.74. The molecule has 1 saturated heterocycles. The Bertz CT molecular complexity index is 1220. The van der Waals surface area contributed by atoms with E-state index in [0.717, 1.165) is 21.3 Å². The van der Waals surface area contributed by atoms with Crippen molar-refractivity contribution in [2.75, 3.05) is 4.90 Å². The fraction of sp³-hybridized carbons (Fsp3) is 0.0435. The van der Waals surface area contributed by atoms with Crippen molar-refractivity contribution >= 4 is 85.1 Å². The molecule has 1 aliphatic heterocycles. The van der Waals surface area contributed by atoms with Crippen LogP contribution in [0.15, 0.2) is 76.1 Å². The quantitative estimate of drug-likeness (QED) is 0.240. The zero-order valence-corrected chi connectivity index (χ0v) is 20.6. The number of hydrogen-bond donors (Lipinski definition) is 0. The minimum Gasteiger partial charge on any atom is -0.488 e. The van der Waals surface area contributed by atoms with E-state index in [0.29, 0.717) is 25.0 Å². The van der Waals surface area contributed by atoms with Gasteiger partial charge >= 0.3 is 0 Å². The summed E-state index contributed by atoms with van der Waals surface area (Å²) in [6.45, 7) is 0.278. The third kappa shape index (κ3) is 5.16. The fourth-order valence-corrected chi connectivity index (χ4v) is 5.11. The topological polar surface area (TPSA) is 29.5 Å². The molecule has 0 atom stereocenters. The molecule has 0 saturated carbocycles. The molecule has 0 aliphatic carbocycles. The SMILES string of the molecule is O=C1/C(=C\c2ccccc2OCc2ccc(Cl)cc2Cl)SC(=S)N1c1cccc(Br)c1. The van der Waals surface area contributed by atoms with Gasteiger partial charge in [0, 0.05) is 25.6 Å². The molecule has 0 spiro atoms. The number of thiocarbonyl (C=S) groups is 1. The second-order valence-electron chi connectivity index (χ2n) is 6.56. The van der Waals surface area contributed by atoms with E-state index in [1.165, 1.54) is 16.7 Å². The molecule has 1 fully saturated rings. The molecule has 0 N–H and O–H groups in total. The molecule has 0 bridgehead atoms. The lowest BCUT2D eigenvalue weighted by atomic mass is 10.1. The maximum Gasteiger partial charge on any atom is 0.270 e. The highest BCUT2D eigenvalue weighted by Gasteiger charge is 2.33. The monoisotopic (exact) mass is 549 g/mol. The highest BCUT2D eigenvalue weighted by molar-refractivity contribution is 9.10. The normalized spacial score (nSPS) is 15.1. The van der Waals surface area contributed by atoms with Crippen LogP contribution in [0.4, 0.5) is 5.69 Å². The number of carbonyl (C=O) groups excluding carboxylic acids is 1. The summed E-state index contributed by atoms with van der Waals surface area (Å²) in [4.78, 5) is 15.1. The Labute approximate surface area is 208 Å². The summed E-state index contributed by atoms with van der Waals surface area (Å²) in [6, 6.07) is 20.3. The van der Waals surface area contributed by atoms with E-state index in [1.807, 2.05) is 54.6 Å². The van der Waals surface area contributed by atoms with Gasteiger partial charge in [-0.2, -0.15) is 0 Å². The van der Waals surface area contributed by atoms with Crippen molar-refractivity contribution in [3.05, 3.63) is 97.3 Å². The van der Waals surface area contributed by atoms with E-state index in [9.17, 15) is 4.79 Å². The largest absolute Gasteiger partial charge is 0.488 e. The van der Waals surface area contributed by atoms with Crippen LogP contribution in [-0.4, -0.2) is 10.2 Å². The molecule has 8 heteroatoms. The smallest absolute Gasteiger partial charge is 0.270 e. The Kier molecular flexibility index (Phi) is 7.04. The average Bonchev–Trinajstić information content (AvgIpc) is 3.01. The van der Waals surface area contributed by atoms with Gasteiger partial charge in [0.05, 0.1) is 10.6 Å². The van der Waals surface area contributed by atoms with Crippen LogP contribution in [0.1, 0.15) is 11.1 Å². The minimum atomic E-state index is -0.163. The number of rotatable bonds is 5. The third-order valence-electron chi connectivity index (χ3n) is 4.46. The lowest BCUT2D eigenvalue weighted by Crippen LogP contribution is -2.27. The number of para-hydroxylation sites is 1. The standard InChI is InChI=1S/C23H14BrCl2NO2S2/c24-16-5-3-6-18(11-16)27-22(28)21(31-23(27)30)10-14-4-1-2-7-20(14)29-13-15-8-9-17(25)12-19(15)26/h1-12H,13H2/b21-10+. The number of halogens is 3. The van der Waals surface area contributed by atoms with Crippen molar-refractivity contribution in [2.45, 2.75) is 6.61 Å². The van der Waals surface area contributed by atoms with Gasteiger partial charge in [0.15, 0.2) is 4.32 Å². The fourth-order valence-electron chi connectivity index (χ4n) is 2.97. The molecule has 0 unspecified atom stereocenters. The molecule has 1 amide bonds. The Balaban J connectivity index is 1.58. The number of hydrogen-bond acceptors (Lipinski definition) is 4. The van der Waals surface area contributed by atoms with Gasteiger partial charge in [0.25, 0.3) is 5.91 Å². The molecule has 156 valence electrons. The van der Waals surface area contributed by atoms with Gasteiger partial charge in [-0.1, -0.05) is 93.4 Å². The van der Waals surface area contributed by atoms with Crippen LogP contribution in [0.25, 0.3) is 6.08 Å². The van der Waals surface area contributed by atoms with Crippen LogP contribution in [-0.2, 0) is 11.4 Å². The van der Waals surface area contributed by atoms with E-state index < -0.39 is 0 Å². The first kappa shape index (κ1) is 22.4. The van der Waals surface area contributed by atoms with Gasteiger partial charge in [0.1, 0.15) is 12.4 Å². The highest BCUT2D eigenvalue weighted by atomic mass is 79.9. The third-order valence-corrected chi connectivity index (χ3v) is 6.85. The Morgan fingerprint density at radius 1 is 1.06 bits per heavy atom. The lowest BCUT2D eigenvalue weighted by Gasteiger charge is -2.14. The first-order chi connectivity index (χ1) is 14.9. The summed E-state index contributed by atoms with van der Waals surface area (Å²) in [7, 11) is 0. The van der Waals surface area contributed by atoms with Crippen LogP contribution in [0.2, 0.25) is 10.0 Å². The molecule has 31 heavy (non-hydrogen) atoms. The van der Waals surface area contributed by atoms with Crippen molar-refractivity contribution in [3.8, 4) is 5.75 Å². The highest BCUT2D eigenvalue weighted by Crippen LogP contribution is 2.38. The van der Waals surface area contributed by atoms with Crippen molar-refractivity contribution < 1.29 is 9.53 Å². The number of nitrogens with zero attached hydrogens (tertiary/aromatic N) is 1. The van der Waals surface area contributed by atoms with Crippen LogP contribution in [0.5, 0.6) is 5.75 Å². The Hall–Kier alpha value is -1.83. The zero-order valence-electron chi connectivity index (χ0n) is 15.8. The van der Waals surface area contributed by atoms with Crippen molar-refractivity contribution in [1.29, 1.82) is 0 Å². The number of carbonyl (C=O) groups is 1. The Morgan fingerprint density at radius 2 is 1.87 bits per heavy atom. The van der Waals surface area contributed by atoms with E-state index in [2.05, 4.69) is 15.9 Å². The molecule has 0 aromatic heterocycles. The van der Waals surface area contributed by atoms with E-state index in [1.54, 1.807) is 18.2 Å². The van der Waals surface area contributed by atoms with Crippen molar-refractivity contribution in [1.82, 2.24) is 0 Å². The van der Waals surface area contributed by atoms with Crippen molar-refractivity contribution in [2.24, 2.45) is 0 Å². The molecular weight excluding hydrogens is 537 g/mol. The maximum absolute atomic E-state index is 13.1. The summed E-state index contributed by atoms with van der Waals surface area (Å²) in [5.74, 6) is 0.477. The summed E-state index contributed by atoms with van der Waals surface area (Å²) in [5.41, 5.74) is 2.33. The van der Waals surface area contributed by atoms with Gasteiger partial charge in [-0.15, -0.1) is 0 Å².